The van der Waals surface area contributed by atoms with Crippen LogP contribution in [0.25, 0.3) is 10.8 Å². The molecular weight excluding hydrogens is 417 g/mol. The van der Waals surface area contributed by atoms with Crippen molar-refractivity contribution in [1.82, 2.24) is 23.8 Å². The van der Waals surface area contributed by atoms with Crippen molar-refractivity contribution < 1.29 is 14.3 Å². The first kappa shape index (κ1) is 19.9. The number of hydrogen-bond donors (Lipinski definition) is 1. The van der Waals surface area contributed by atoms with Gasteiger partial charge in [0, 0.05) is 31.7 Å². The van der Waals surface area contributed by atoms with Gasteiger partial charge in [-0.05, 0) is 43.6 Å². The lowest BCUT2D eigenvalue weighted by Crippen LogP contribution is -2.41. The molecule has 1 aliphatic rings. The minimum atomic E-state index is -0.623. The molecule has 1 N–H and O–H groups in total. The highest BCUT2D eigenvalue weighted by molar-refractivity contribution is 7.09. The van der Waals surface area contributed by atoms with Gasteiger partial charge < -0.3 is 14.6 Å². The maximum Gasteiger partial charge on any atom is 0.254 e. The lowest BCUT2D eigenvalue weighted by atomic mass is 10.1. The van der Waals surface area contributed by atoms with E-state index in [0.29, 0.717) is 36.2 Å². The third-order valence-corrected chi connectivity index (χ3v) is 6.11. The maximum atomic E-state index is 13.8. The molecule has 1 atom stereocenters. The highest BCUT2D eigenvalue weighted by Crippen LogP contribution is 2.34. The molecule has 0 fully saturated rings. The van der Waals surface area contributed by atoms with Crippen molar-refractivity contribution >= 4 is 29.0 Å². The molecule has 2 aromatic heterocycles. The van der Waals surface area contributed by atoms with Crippen molar-refractivity contribution in [2.75, 3.05) is 13.2 Å². The molecule has 0 saturated heterocycles. The van der Waals surface area contributed by atoms with Crippen LogP contribution in [0.15, 0.2) is 18.2 Å². The molecule has 3 aromatic rings. The average Bonchev–Trinajstić information content (AvgIpc) is 3.28. The Kier molecular flexibility index (Phi) is 5.37. The minimum Gasteiger partial charge on any atom is -0.396 e. The van der Waals surface area contributed by atoms with Gasteiger partial charge in [-0.1, -0.05) is 11.6 Å². The van der Waals surface area contributed by atoms with E-state index in [0.717, 1.165) is 17.5 Å². The topological polar surface area (TPSA) is 84.1 Å². The van der Waals surface area contributed by atoms with E-state index in [1.165, 1.54) is 23.7 Å². The molecule has 1 aromatic carbocycles. The van der Waals surface area contributed by atoms with E-state index < -0.39 is 5.82 Å². The summed E-state index contributed by atoms with van der Waals surface area (Å²) in [5.41, 5.74) is 1.83. The number of amides is 1. The largest absolute Gasteiger partial charge is 0.396 e. The third-order valence-electron chi connectivity index (χ3n) is 5.01. The SMILES string of the molecule is Cc1nsc(-c2nc(CCO)c3n2CCN(C(=O)c2ccc(Cl)c(F)c2)C3C)n1. The van der Waals surface area contributed by atoms with Gasteiger partial charge in [0.1, 0.15) is 11.6 Å². The van der Waals surface area contributed by atoms with Gasteiger partial charge in [-0.15, -0.1) is 0 Å². The molecular formula is C19H19ClFN5O2S. The number of fused-ring (bicyclic) bond motifs is 1. The predicted octanol–water partition coefficient (Wildman–Crippen LogP) is 3.25. The van der Waals surface area contributed by atoms with Gasteiger partial charge in [0.2, 0.25) is 0 Å². The van der Waals surface area contributed by atoms with Gasteiger partial charge >= 0.3 is 0 Å². The molecule has 3 heterocycles. The summed E-state index contributed by atoms with van der Waals surface area (Å²) in [4.78, 5) is 23.9. The van der Waals surface area contributed by atoms with Gasteiger partial charge in [-0.2, -0.15) is 4.37 Å². The van der Waals surface area contributed by atoms with E-state index in [1.54, 1.807) is 4.90 Å². The van der Waals surface area contributed by atoms with E-state index >= 15 is 0 Å². The van der Waals surface area contributed by atoms with Crippen LogP contribution in [0, 0.1) is 12.7 Å². The van der Waals surface area contributed by atoms with E-state index in [-0.39, 0.29) is 29.1 Å². The summed E-state index contributed by atoms with van der Waals surface area (Å²) in [7, 11) is 0. The van der Waals surface area contributed by atoms with Crippen molar-refractivity contribution in [3.63, 3.8) is 0 Å². The fourth-order valence-corrected chi connectivity index (χ4v) is 4.46. The van der Waals surface area contributed by atoms with E-state index in [2.05, 4.69) is 9.36 Å². The molecule has 4 rings (SSSR count). The summed E-state index contributed by atoms with van der Waals surface area (Å²) in [5, 5.41) is 10.2. The Bertz CT molecular complexity index is 1080. The van der Waals surface area contributed by atoms with Gasteiger partial charge in [0.15, 0.2) is 10.8 Å². The Balaban J connectivity index is 1.72. The first-order valence-corrected chi connectivity index (χ1v) is 10.3. The van der Waals surface area contributed by atoms with E-state index in [9.17, 15) is 14.3 Å². The number of hydrogen-bond acceptors (Lipinski definition) is 6. The smallest absolute Gasteiger partial charge is 0.254 e. The Hall–Kier alpha value is -2.36. The third kappa shape index (κ3) is 3.54. The Morgan fingerprint density at radius 1 is 1.38 bits per heavy atom. The van der Waals surface area contributed by atoms with Gasteiger partial charge in [-0.25, -0.2) is 14.4 Å². The zero-order chi connectivity index (χ0) is 20.7. The molecule has 0 radical (unpaired) electrons. The second-order valence-electron chi connectivity index (χ2n) is 6.84. The first-order valence-electron chi connectivity index (χ1n) is 9.17. The van der Waals surface area contributed by atoms with Crippen LogP contribution in [0.4, 0.5) is 4.39 Å². The predicted molar refractivity (Wildman–Crippen MR) is 108 cm³/mol. The van der Waals surface area contributed by atoms with Gasteiger partial charge in [0.05, 0.1) is 22.5 Å². The average molecular weight is 436 g/mol. The molecule has 1 unspecified atom stereocenters. The number of rotatable bonds is 4. The van der Waals surface area contributed by atoms with Gasteiger partial charge in [0.25, 0.3) is 5.91 Å². The van der Waals surface area contributed by atoms with Crippen molar-refractivity contribution in [2.24, 2.45) is 0 Å². The lowest BCUT2D eigenvalue weighted by Gasteiger charge is -2.35. The van der Waals surface area contributed by atoms with Crippen molar-refractivity contribution in [3.05, 3.63) is 51.8 Å². The van der Waals surface area contributed by atoms with Crippen LogP contribution in [-0.2, 0) is 13.0 Å². The highest BCUT2D eigenvalue weighted by Gasteiger charge is 2.34. The Labute approximate surface area is 176 Å². The van der Waals surface area contributed by atoms with Crippen molar-refractivity contribution in [1.29, 1.82) is 0 Å². The molecule has 0 spiro atoms. The van der Waals surface area contributed by atoms with E-state index in [1.807, 2.05) is 18.4 Å². The minimum absolute atomic E-state index is 0.0199. The number of nitrogens with zero attached hydrogens (tertiary/aromatic N) is 5. The van der Waals surface area contributed by atoms with Crippen molar-refractivity contribution in [2.45, 2.75) is 32.9 Å². The van der Waals surface area contributed by atoms with Crippen molar-refractivity contribution in [3.8, 4) is 10.8 Å². The molecule has 0 bridgehead atoms. The molecule has 0 saturated carbocycles. The summed E-state index contributed by atoms with van der Waals surface area (Å²) >= 11 is 7.01. The second kappa shape index (κ2) is 7.81. The number of carbonyl (C=O) groups excluding carboxylic acids is 1. The summed E-state index contributed by atoms with van der Waals surface area (Å²) < 4.78 is 20.1. The summed E-state index contributed by atoms with van der Waals surface area (Å²) in [5.74, 6) is 0.480. The van der Waals surface area contributed by atoms with Crippen LogP contribution in [-0.4, -0.2) is 48.0 Å². The lowest BCUT2D eigenvalue weighted by molar-refractivity contribution is 0.0643. The van der Waals surface area contributed by atoms with E-state index in [4.69, 9.17) is 16.6 Å². The van der Waals surface area contributed by atoms with Gasteiger partial charge in [-0.3, -0.25) is 4.79 Å². The summed E-state index contributed by atoms with van der Waals surface area (Å²) in [6.07, 6.45) is 0.370. The van der Waals surface area contributed by atoms with Crippen LogP contribution < -0.4 is 0 Å². The second-order valence-corrected chi connectivity index (χ2v) is 8.00. The normalized spacial score (nSPS) is 16.2. The monoisotopic (exact) mass is 435 g/mol. The standard InChI is InChI=1S/C19H19ClFN5O2S/c1-10-16-15(5-8-27)23-17(18-22-11(2)24-29-18)26(16)7-6-25(10)19(28)12-3-4-13(20)14(21)9-12/h3-4,9-10,27H,5-8H2,1-2H3. The molecule has 152 valence electrons. The van der Waals surface area contributed by atoms with Crippen LogP contribution in [0.1, 0.15) is 40.5 Å². The number of aryl methyl sites for hydroxylation is 1. The zero-order valence-electron chi connectivity index (χ0n) is 15.9. The molecule has 10 heteroatoms. The number of aromatic nitrogens is 4. The maximum absolute atomic E-state index is 13.8. The molecule has 1 aliphatic heterocycles. The number of aliphatic hydroxyl groups is 1. The molecule has 1 amide bonds. The summed E-state index contributed by atoms with van der Waals surface area (Å²) in [6.45, 7) is 4.64. The quantitative estimate of drug-likeness (QED) is 0.680. The van der Waals surface area contributed by atoms with Crippen LogP contribution >= 0.6 is 23.1 Å². The fourth-order valence-electron chi connectivity index (χ4n) is 3.67. The number of benzene rings is 1. The van der Waals surface area contributed by atoms with Crippen LogP contribution in [0.2, 0.25) is 5.02 Å². The summed E-state index contributed by atoms with van der Waals surface area (Å²) in [6, 6.07) is 3.77. The number of carbonyl (C=O) groups is 1. The fraction of sp³-hybridized carbons (Fsp3) is 0.368. The Morgan fingerprint density at radius 2 is 2.17 bits per heavy atom. The number of halogens is 2. The van der Waals surface area contributed by atoms with Crippen LogP contribution in [0.5, 0.6) is 0 Å². The highest BCUT2D eigenvalue weighted by atomic mass is 35.5. The molecule has 7 nitrogen and oxygen atoms in total. The van der Waals surface area contributed by atoms with Crippen LogP contribution in [0.3, 0.4) is 0 Å². The number of imidazole rings is 1. The molecule has 29 heavy (non-hydrogen) atoms. The first-order chi connectivity index (χ1) is 13.9. The number of aliphatic hydroxyl groups excluding tert-OH is 1. The zero-order valence-corrected chi connectivity index (χ0v) is 17.5. The molecule has 0 aliphatic carbocycles. The Morgan fingerprint density at radius 3 is 2.83 bits per heavy atom.